The summed E-state index contributed by atoms with van der Waals surface area (Å²) in [6, 6.07) is 7.80. The van der Waals surface area contributed by atoms with Crippen LogP contribution < -0.4 is 4.90 Å². The monoisotopic (exact) mass is 243 g/mol. The fourth-order valence-electron chi connectivity index (χ4n) is 1.81. The first-order chi connectivity index (χ1) is 8.68. The fraction of sp³-hybridized carbons (Fsp3) is 0.267. The first kappa shape index (κ1) is 12.4. The van der Waals surface area contributed by atoms with Crippen molar-refractivity contribution < 1.29 is 9.53 Å². The Bertz CT molecular complexity index is 489. The minimum absolute atomic E-state index is 0.116. The van der Waals surface area contributed by atoms with Crippen LogP contribution in [0.4, 0.5) is 10.5 Å². The molecule has 1 heterocycles. The number of para-hydroxylation sites is 1. The standard InChI is InChI=1S/C15H17NO2/c1-12(2)18-15(17)16-11-7-3-4-8-13-9-5-6-10-14(13)16/h3-10,12H,11H2,1-2H3/b7-3-,8-4-. The molecule has 2 rings (SSSR count). The van der Waals surface area contributed by atoms with Crippen molar-refractivity contribution in [1.82, 2.24) is 0 Å². The van der Waals surface area contributed by atoms with Crippen LogP contribution in [0.5, 0.6) is 0 Å². The molecule has 3 heteroatoms. The van der Waals surface area contributed by atoms with Crippen LogP contribution in [0.1, 0.15) is 19.4 Å². The quantitative estimate of drug-likeness (QED) is 0.754. The third kappa shape index (κ3) is 2.80. The minimum Gasteiger partial charge on any atom is -0.446 e. The van der Waals surface area contributed by atoms with E-state index in [-0.39, 0.29) is 12.2 Å². The highest BCUT2D eigenvalue weighted by atomic mass is 16.6. The van der Waals surface area contributed by atoms with E-state index in [2.05, 4.69) is 0 Å². The number of nitrogens with zero attached hydrogens (tertiary/aromatic N) is 1. The van der Waals surface area contributed by atoms with E-state index in [1.165, 1.54) is 0 Å². The number of hydrogen-bond acceptors (Lipinski definition) is 2. The highest BCUT2D eigenvalue weighted by molar-refractivity contribution is 5.91. The molecular formula is C15H17NO2. The minimum atomic E-state index is -0.308. The van der Waals surface area contributed by atoms with Gasteiger partial charge in [-0.1, -0.05) is 42.5 Å². The molecule has 18 heavy (non-hydrogen) atoms. The zero-order valence-corrected chi connectivity index (χ0v) is 10.7. The van der Waals surface area contributed by atoms with Gasteiger partial charge in [-0.25, -0.2) is 4.79 Å². The first-order valence-corrected chi connectivity index (χ1v) is 6.09. The Morgan fingerprint density at radius 3 is 2.83 bits per heavy atom. The van der Waals surface area contributed by atoms with Crippen molar-refractivity contribution in [3.8, 4) is 0 Å². The molecule has 0 bridgehead atoms. The third-order valence-corrected chi connectivity index (χ3v) is 2.60. The van der Waals surface area contributed by atoms with Gasteiger partial charge in [-0.3, -0.25) is 4.90 Å². The third-order valence-electron chi connectivity index (χ3n) is 2.60. The number of hydrogen-bond donors (Lipinski definition) is 0. The topological polar surface area (TPSA) is 29.5 Å². The molecule has 0 fully saturated rings. The molecule has 1 aliphatic heterocycles. The number of allylic oxidation sites excluding steroid dienone is 2. The van der Waals surface area contributed by atoms with Crippen molar-refractivity contribution in [1.29, 1.82) is 0 Å². The lowest BCUT2D eigenvalue weighted by Crippen LogP contribution is -2.34. The molecule has 0 spiro atoms. The Balaban J connectivity index is 2.34. The van der Waals surface area contributed by atoms with E-state index in [1.807, 2.05) is 62.4 Å². The summed E-state index contributed by atoms with van der Waals surface area (Å²) in [5.41, 5.74) is 1.89. The lowest BCUT2D eigenvalue weighted by Gasteiger charge is -2.24. The van der Waals surface area contributed by atoms with E-state index in [9.17, 15) is 4.79 Å². The van der Waals surface area contributed by atoms with Crippen LogP contribution in [0.3, 0.4) is 0 Å². The van der Waals surface area contributed by atoms with E-state index in [4.69, 9.17) is 4.74 Å². The number of ether oxygens (including phenoxy) is 1. The van der Waals surface area contributed by atoms with Gasteiger partial charge in [0.15, 0.2) is 0 Å². The van der Waals surface area contributed by atoms with E-state index in [0.717, 1.165) is 11.3 Å². The number of carbonyl (C=O) groups is 1. The van der Waals surface area contributed by atoms with Crippen molar-refractivity contribution >= 4 is 17.9 Å². The lowest BCUT2D eigenvalue weighted by molar-refractivity contribution is 0.123. The molecule has 1 aromatic rings. The van der Waals surface area contributed by atoms with E-state index >= 15 is 0 Å². The number of fused-ring (bicyclic) bond motifs is 1. The second-order valence-electron chi connectivity index (χ2n) is 4.39. The molecule has 0 radical (unpaired) electrons. The normalized spacial score (nSPS) is 17.6. The van der Waals surface area contributed by atoms with Gasteiger partial charge in [-0.15, -0.1) is 0 Å². The molecule has 94 valence electrons. The Hall–Kier alpha value is -2.03. The van der Waals surface area contributed by atoms with Crippen LogP contribution in [0.2, 0.25) is 0 Å². The predicted molar refractivity (Wildman–Crippen MR) is 73.6 cm³/mol. The summed E-state index contributed by atoms with van der Waals surface area (Å²) >= 11 is 0. The molecule has 0 saturated heterocycles. The van der Waals surface area contributed by atoms with Gasteiger partial charge in [0.1, 0.15) is 0 Å². The zero-order valence-electron chi connectivity index (χ0n) is 10.7. The Labute approximate surface area is 107 Å². The first-order valence-electron chi connectivity index (χ1n) is 6.09. The van der Waals surface area contributed by atoms with Gasteiger partial charge < -0.3 is 4.74 Å². The number of rotatable bonds is 1. The van der Waals surface area contributed by atoms with Crippen molar-refractivity contribution in [3.63, 3.8) is 0 Å². The summed E-state index contributed by atoms with van der Waals surface area (Å²) in [5, 5.41) is 0. The molecular weight excluding hydrogens is 226 g/mol. The van der Waals surface area contributed by atoms with Gasteiger partial charge >= 0.3 is 6.09 Å². The Morgan fingerprint density at radius 2 is 2.06 bits per heavy atom. The van der Waals surface area contributed by atoms with Gasteiger partial charge in [0.05, 0.1) is 11.8 Å². The fourth-order valence-corrected chi connectivity index (χ4v) is 1.81. The molecule has 0 unspecified atom stereocenters. The molecule has 1 aliphatic rings. The highest BCUT2D eigenvalue weighted by Gasteiger charge is 2.19. The van der Waals surface area contributed by atoms with Crippen molar-refractivity contribution in [3.05, 3.63) is 48.1 Å². The predicted octanol–water partition coefficient (Wildman–Crippen LogP) is 3.62. The van der Waals surface area contributed by atoms with Crippen LogP contribution >= 0.6 is 0 Å². The molecule has 1 aromatic carbocycles. The summed E-state index contributed by atoms with van der Waals surface area (Å²) in [5.74, 6) is 0. The maximum Gasteiger partial charge on any atom is 0.414 e. The summed E-state index contributed by atoms with van der Waals surface area (Å²) in [4.78, 5) is 13.7. The number of amides is 1. The smallest absolute Gasteiger partial charge is 0.414 e. The summed E-state index contributed by atoms with van der Waals surface area (Å²) < 4.78 is 5.27. The Kier molecular flexibility index (Phi) is 3.82. The van der Waals surface area contributed by atoms with Crippen LogP contribution in [-0.4, -0.2) is 18.7 Å². The van der Waals surface area contributed by atoms with Gasteiger partial charge in [-0.05, 0) is 25.5 Å². The van der Waals surface area contributed by atoms with Crippen LogP contribution in [0, 0.1) is 0 Å². The summed E-state index contributed by atoms with van der Waals surface area (Å²) in [7, 11) is 0. The molecule has 0 aromatic heterocycles. The maximum absolute atomic E-state index is 12.1. The van der Waals surface area contributed by atoms with E-state index in [0.29, 0.717) is 6.54 Å². The molecule has 0 saturated carbocycles. The molecule has 1 amide bonds. The average molecular weight is 243 g/mol. The Morgan fingerprint density at radius 1 is 1.28 bits per heavy atom. The second-order valence-corrected chi connectivity index (χ2v) is 4.39. The molecule has 3 nitrogen and oxygen atoms in total. The largest absolute Gasteiger partial charge is 0.446 e. The number of anilines is 1. The SMILES string of the molecule is CC(C)OC(=O)N1C/C=C\C=C/c2ccccc21. The van der Waals surface area contributed by atoms with Crippen LogP contribution in [0.15, 0.2) is 42.5 Å². The lowest BCUT2D eigenvalue weighted by atomic mass is 10.1. The van der Waals surface area contributed by atoms with E-state index in [1.54, 1.807) is 4.90 Å². The number of benzene rings is 1. The number of carbonyl (C=O) groups excluding carboxylic acids is 1. The van der Waals surface area contributed by atoms with Crippen LogP contribution in [-0.2, 0) is 4.74 Å². The highest BCUT2D eigenvalue weighted by Crippen LogP contribution is 2.24. The van der Waals surface area contributed by atoms with Crippen LogP contribution in [0.25, 0.3) is 6.08 Å². The average Bonchev–Trinajstić information content (AvgIpc) is 2.29. The van der Waals surface area contributed by atoms with Crippen molar-refractivity contribution in [2.24, 2.45) is 0 Å². The van der Waals surface area contributed by atoms with Gasteiger partial charge in [0, 0.05) is 6.54 Å². The molecule has 0 atom stereocenters. The second kappa shape index (κ2) is 5.54. The summed E-state index contributed by atoms with van der Waals surface area (Å²) in [6.45, 7) is 4.22. The zero-order chi connectivity index (χ0) is 13.0. The molecule has 0 aliphatic carbocycles. The molecule has 0 N–H and O–H groups in total. The van der Waals surface area contributed by atoms with Gasteiger partial charge in [0.25, 0.3) is 0 Å². The maximum atomic E-state index is 12.1. The summed E-state index contributed by atoms with van der Waals surface area (Å²) in [6.07, 6.45) is 7.41. The van der Waals surface area contributed by atoms with E-state index < -0.39 is 0 Å². The van der Waals surface area contributed by atoms with Crippen molar-refractivity contribution in [2.75, 3.05) is 11.4 Å². The van der Waals surface area contributed by atoms with Crippen molar-refractivity contribution in [2.45, 2.75) is 20.0 Å². The van der Waals surface area contributed by atoms with Gasteiger partial charge in [-0.2, -0.15) is 0 Å². The van der Waals surface area contributed by atoms with Gasteiger partial charge in [0.2, 0.25) is 0 Å².